The number of aromatic nitrogens is 3. The number of rotatable bonds is 6. The van der Waals surface area contributed by atoms with Gasteiger partial charge in [0.2, 0.25) is 5.95 Å². The molecule has 4 aromatic rings. The van der Waals surface area contributed by atoms with E-state index < -0.39 is 16.9 Å². The van der Waals surface area contributed by atoms with Crippen LogP contribution >= 0.6 is 0 Å². The number of nitro benzene ring substituents is 1. The Kier molecular flexibility index (Phi) is 5.91. The molecule has 0 saturated carbocycles. The highest BCUT2D eigenvalue weighted by Crippen LogP contribution is 2.40. The van der Waals surface area contributed by atoms with Gasteiger partial charge in [-0.3, -0.25) is 14.9 Å². The summed E-state index contributed by atoms with van der Waals surface area (Å²) in [7, 11) is 1.51. The number of fused-ring (bicyclic) bond motifs is 1. The fourth-order valence-corrected chi connectivity index (χ4v) is 4.26. The Bertz CT molecular complexity index is 1500. The molecule has 1 aliphatic heterocycles. The SMILES string of the molecule is COc1ccccc1NC(=O)C1=C(C)Nc2nc(-c3ccccc3)nn2[C@H]1c1ccccc1[N+](=O)[O-]. The van der Waals surface area contributed by atoms with Crippen LogP contribution in [-0.2, 0) is 4.79 Å². The van der Waals surface area contributed by atoms with Crippen LogP contribution in [0, 0.1) is 10.1 Å². The molecular weight excluding hydrogens is 460 g/mol. The zero-order chi connectivity index (χ0) is 25.2. The van der Waals surface area contributed by atoms with E-state index in [1.807, 2.05) is 30.3 Å². The van der Waals surface area contributed by atoms with Crippen molar-refractivity contribution in [3.05, 3.63) is 106 Å². The summed E-state index contributed by atoms with van der Waals surface area (Å²) in [5.41, 5.74) is 2.22. The second-order valence-electron chi connectivity index (χ2n) is 8.11. The van der Waals surface area contributed by atoms with Crippen molar-refractivity contribution >= 4 is 23.2 Å². The number of amides is 1. The van der Waals surface area contributed by atoms with E-state index in [0.29, 0.717) is 34.5 Å². The first kappa shape index (κ1) is 22.8. The first-order valence-corrected chi connectivity index (χ1v) is 11.2. The number of nitro groups is 1. The predicted octanol–water partition coefficient (Wildman–Crippen LogP) is 4.79. The highest BCUT2D eigenvalue weighted by Gasteiger charge is 2.38. The Hall–Kier alpha value is -4.99. The first-order chi connectivity index (χ1) is 17.5. The minimum absolute atomic E-state index is 0.123. The van der Waals surface area contributed by atoms with E-state index in [2.05, 4.69) is 20.7 Å². The molecule has 1 amide bonds. The first-order valence-electron chi connectivity index (χ1n) is 11.2. The molecule has 5 rings (SSSR count). The van der Waals surface area contributed by atoms with Gasteiger partial charge in [0.25, 0.3) is 11.6 Å². The van der Waals surface area contributed by atoms with E-state index in [-0.39, 0.29) is 11.3 Å². The molecule has 1 aromatic heterocycles. The van der Waals surface area contributed by atoms with Crippen LogP contribution in [0.4, 0.5) is 17.3 Å². The lowest BCUT2D eigenvalue weighted by Crippen LogP contribution is -2.32. The van der Waals surface area contributed by atoms with Gasteiger partial charge < -0.3 is 15.4 Å². The van der Waals surface area contributed by atoms with Crippen molar-refractivity contribution in [3.8, 4) is 17.1 Å². The number of carbonyl (C=O) groups excluding carboxylic acids is 1. The van der Waals surface area contributed by atoms with Crippen LogP contribution in [0.2, 0.25) is 0 Å². The molecule has 0 unspecified atom stereocenters. The summed E-state index contributed by atoms with van der Waals surface area (Å²) < 4.78 is 6.89. The molecule has 36 heavy (non-hydrogen) atoms. The highest BCUT2D eigenvalue weighted by molar-refractivity contribution is 6.06. The Morgan fingerprint density at radius 2 is 1.75 bits per heavy atom. The average Bonchev–Trinajstić information content (AvgIpc) is 3.32. The monoisotopic (exact) mass is 482 g/mol. The largest absolute Gasteiger partial charge is 0.495 e. The van der Waals surface area contributed by atoms with Crippen LogP contribution in [0.5, 0.6) is 5.75 Å². The number of para-hydroxylation sites is 3. The molecule has 0 fully saturated rings. The maximum Gasteiger partial charge on any atom is 0.275 e. The molecule has 0 radical (unpaired) electrons. The molecule has 2 N–H and O–H groups in total. The van der Waals surface area contributed by atoms with E-state index >= 15 is 0 Å². The number of nitrogens with one attached hydrogen (secondary N) is 2. The second-order valence-corrected chi connectivity index (χ2v) is 8.11. The normalized spacial score (nSPS) is 14.6. The number of hydrogen-bond acceptors (Lipinski definition) is 7. The number of nitrogens with zero attached hydrogens (tertiary/aromatic N) is 4. The number of hydrogen-bond donors (Lipinski definition) is 2. The third-order valence-corrected chi connectivity index (χ3v) is 5.91. The van der Waals surface area contributed by atoms with Crippen LogP contribution in [0.1, 0.15) is 18.5 Å². The molecule has 0 saturated heterocycles. The minimum Gasteiger partial charge on any atom is -0.495 e. The van der Waals surface area contributed by atoms with E-state index in [1.54, 1.807) is 49.4 Å². The van der Waals surface area contributed by atoms with Crippen molar-refractivity contribution in [2.45, 2.75) is 13.0 Å². The van der Waals surface area contributed by atoms with Gasteiger partial charge in [0.15, 0.2) is 5.82 Å². The summed E-state index contributed by atoms with van der Waals surface area (Å²) in [5.74, 6) is 0.849. The summed E-state index contributed by atoms with van der Waals surface area (Å²) in [6.45, 7) is 1.74. The maximum absolute atomic E-state index is 13.7. The molecule has 2 heterocycles. The van der Waals surface area contributed by atoms with Gasteiger partial charge in [0.05, 0.1) is 28.9 Å². The predicted molar refractivity (Wildman–Crippen MR) is 135 cm³/mol. The van der Waals surface area contributed by atoms with E-state index in [0.717, 1.165) is 5.56 Å². The number of benzene rings is 3. The molecule has 1 aliphatic rings. The molecule has 0 spiro atoms. The van der Waals surface area contributed by atoms with E-state index in [9.17, 15) is 14.9 Å². The highest BCUT2D eigenvalue weighted by atomic mass is 16.6. The summed E-state index contributed by atoms with van der Waals surface area (Å²) in [6, 6.07) is 21.8. The number of allylic oxidation sites excluding steroid dienone is 1. The van der Waals surface area contributed by atoms with Crippen molar-refractivity contribution in [2.75, 3.05) is 17.7 Å². The fourth-order valence-electron chi connectivity index (χ4n) is 4.26. The van der Waals surface area contributed by atoms with Gasteiger partial charge in [-0.05, 0) is 25.1 Å². The summed E-state index contributed by atoms with van der Waals surface area (Å²) in [5, 5.41) is 22.7. The van der Waals surface area contributed by atoms with E-state index in [4.69, 9.17) is 4.74 Å². The summed E-state index contributed by atoms with van der Waals surface area (Å²) >= 11 is 0. The molecule has 0 aliphatic carbocycles. The Morgan fingerprint density at radius 3 is 2.50 bits per heavy atom. The van der Waals surface area contributed by atoms with Crippen molar-refractivity contribution < 1.29 is 14.5 Å². The van der Waals surface area contributed by atoms with E-state index in [1.165, 1.54) is 17.9 Å². The van der Waals surface area contributed by atoms with Crippen LogP contribution in [0.25, 0.3) is 11.4 Å². The van der Waals surface area contributed by atoms with Crippen molar-refractivity contribution in [3.63, 3.8) is 0 Å². The number of ether oxygens (including phenoxy) is 1. The van der Waals surface area contributed by atoms with Crippen LogP contribution < -0.4 is 15.4 Å². The standard InChI is InChI=1S/C26H22N6O4/c1-16-22(25(33)28-19-13-7-9-15-21(19)36-2)23(18-12-6-8-14-20(18)32(34)35)31-26(27-16)29-24(30-31)17-10-4-3-5-11-17/h3-15,23H,1-2H3,(H,28,33)(H,27,29,30)/t23-/m0/s1. The van der Waals surface area contributed by atoms with Crippen LogP contribution in [0.3, 0.4) is 0 Å². The lowest BCUT2D eigenvalue weighted by molar-refractivity contribution is -0.385. The quantitative estimate of drug-likeness (QED) is 0.299. The maximum atomic E-state index is 13.7. The Labute approximate surface area is 206 Å². The Morgan fingerprint density at radius 1 is 1.06 bits per heavy atom. The van der Waals surface area contributed by atoms with Gasteiger partial charge in [0.1, 0.15) is 11.8 Å². The smallest absolute Gasteiger partial charge is 0.275 e. The zero-order valence-corrected chi connectivity index (χ0v) is 19.5. The Balaban J connectivity index is 1.66. The summed E-state index contributed by atoms with van der Waals surface area (Å²) in [6.07, 6.45) is 0. The third kappa shape index (κ3) is 4.05. The van der Waals surface area contributed by atoms with Gasteiger partial charge in [-0.2, -0.15) is 4.98 Å². The lowest BCUT2D eigenvalue weighted by Gasteiger charge is -2.28. The zero-order valence-electron chi connectivity index (χ0n) is 19.5. The second kappa shape index (κ2) is 9.34. The van der Waals surface area contributed by atoms with Crippen molar-refractivity contribution in [1.82, 2.24) is 14.8 Å². The van der Waals surface area contributed by atoms with Gasteiger partial charge in [-0.25, -0.2) is 4.68 Å². The molecule has 180 valence electrons. The van der Waals surface area contributed by atoms with Gasteiger partial charge in [-0.15, -0.1) is 5.10 Å². The molecule has 10 heteroatoms. The number of anilines is 2. The molecule has 10 nitrogen and oxygen atoms in total. The molecule has 0 bridgehead atoms. The number of methoxy groups -OCH3 is 1. The number of carbonyl (C=O) groups is 1. The van der Waals surface area contributed by atoms with Gasteiger partial charge in [0, 0.05) is 17.3 Å². The minimum atomic E-state index is -0.900. The molecular formula is C26H22N6O4. The fraction of sp³-hybridized carbons (Fsp3) is 0.115. The third-order valence-electron chi connectivity index (χ3n) is 5.91. The molecule has 1 atom stereocenters. The van der Waals surface area contributed by atoms with Crippen LogP contribution in [0.15, 0.2) is 90.1 Å². The lowest BCUT2D eigenvalue weighted by atomic mass is 9.93. The van der Waals surface area contributed by atoms with Gasteiger partial charge in [-0.1, -0.05) is 54.6 Å². The van der Waals surface area contributed by atoms with Gasteiger partial charge >= 0.3 is 0 Å². The van der Waals surface area contributed by atoms with Crippen molar-refractivity contribution in [2.24, 2.45) is 0 Å². The van der Waals surface area contributed by atoms with Crippen LogP contribution in [-0.4, -0.2) is 32.7 Å². The molecule has 3 aromatic carbocycles. The van der Waals surface area contributed by atoms with Crippen molar-refractivity contribution in [1.29, 1.82) is 0 Å². The average molecular weight is 483 g/mol. The summed E-state index contributed by atoms with van der Waals surface area (Å²) in [4.78, 5) is 29.8. The topological polar surface area (TPSA) is 124 Å².